The lowest BCUT2D eigenvalue weighted by molar-refractivity contribution is -0.159. The lowest BCUT2D eigenvalue weighted by Gasteiger charge is -2.16. The molecule has 6 nitrogen and oxygen atoms in total. The van der Waals surface area contributed by atoms with Crippen molar-refractivity contribution in [3.63, 3.8) is 0 Å². The average Bonchev–Trinajstić information content (AvgIpc) is 3.17. The molecule has 0 saturated heterocycles. The van der Waals surface area contributed by atoms with Gasteiger partial charge < -0.3 is 14.9 Å². The van der Waals surface area contributed by atoms with Gasteiger partial charge in [0, 0.05) is 17.8 Å². The van der Waals surface area contributed by atoms with Crippen LogP contribution in [0.4, 0.5) is 0 Å². The van der Waals surface area contributed by atoms with Crippen molar-refractivity contribution >= 4 is 33.4 Å². The standard InChI is InChI=1S/C20H23NOS.C2H2O4/c1-21(16-18-5-3-2-4-6-18)11-13-22-12-9-17-7-8-20-19(15-17)10-14-23-20;3-1(4)2(5)6/h2-8,10,14-15H,9,11-13,16H2,1H3;(H,3,4)(H,5,6). The maximum absolute atomic E-state index is 9.10. The summed E-state index contributed by atoms with van der Waals surface area (Å²) in [7, 11) is 2.14. The monoisotopic (exact) mass is 415 g/mol. The third kappa shape index (κ3) is 8.43. The Morgan fingerprint density at radius 2 is 1.69 bits per heavy atom. The summed E-state index contributed by atoms with van der Waals surface area (Å²) in [4.78, 5) is 20.5. The number of hydrogen-bond acceptors (Lipinski definition) is 5. The molecular formula is C22H25NO5S. The Morgan fingerprint density at radius 3 is 2.38 bits per heavy atom. The SMILES string of the molecule is CN(CCOCCc1ccc2sccc2c1)Cc1ccccc1.O=C(O)C(=O)O. The number of rotatable bonds is 8. The molecule has 29 heavy (non-hydrogen) atoms. The van der Waals surface area contributed by atoms with Gasteiger partial charge in [-0.2, -0.15) is 0 Å². The van der Waals surface area contributed by atoms with Gasteiger partial charge in [-0.25, -0.2) is 9.59 Å². The lowest BCUT2D eigenvalue weighted by Crippen LogP contribution is -2.23. The van der Waals surface area contributed by atoms with Crippen LogP contribution in [0.15, 0.2) is 60.0 Å². The lowest BCUT2D eigenvalue weighted by atomic mass is 10.1. The molecule has 0 amide bonds. The molecule has 0 fully saturated rings. The van der Waals surface area contributed by atoms with Crippen molar-refractivity contribution in [1.29, 1.82) is 0 Å². The molecule has 0 spiro atoms. The first kappa shape index (κ1) is 22.5. The van der Waals surface area contributed by atoms with Crippen LogP contribution in [0.2, 0.25) is 0 Å². The molecule has 0 aliphatic carbocycles. The van der Waals surface area contributed by atoms with Crippen LogP contribution < -0.4 is 0 Å². The van der Waals surface area contributed by atoms with Crippen LogP contribution in [-0.4, -0.2) is 53.9 Å². The zero-order chi connectivity index (χ0) is 21.1. The topological polar surface area (TPSA) is 87.1 Å². The Hall–Kier alpha value is -2.74. The maximum Gasteiger partial charge on any atom is 0.414 e. The predicted molar refractivity (Wildman–Crippen MR) is 114 cm³/mol. The van der Waals surface area contributed by atoms with E-state index >= 15 is 0 Å². The number of hydrogen-bond donors (Lipinski definition) is 2. The number of benzene rings is 2. The fraction of sp³-hybridized carbons (Fsp3) is 0.273. The number of likely N-dealkylation sites (N-methyl/N-ethyl adjacent to an activating group) is 1. The van der Waals surface area contributed by atoms with E-state index in [0.717, 1.165) is 32.7 Å². The number of carboxylic acid groups (broad SMARTS) is 2. The first-order valence-corrected chi connectivity index (χ1v) is 10.1. The first-order chi connectivity index (χ1) is 14.0. The highest BCUT2D eigenvalue weighted by Gasteiger charge is 2.04. The van der Waals surface area contributed by atoms with Crippen molar-refractivity contribution in [3.8, 4) is 0 Å². The van der Waals surface area contributed by atoms with Crippen LogP contribution in [0.3, 0.4) is 0 Å². The third-order valence-corrected chi connectivity index (χ3v) is 5.05. The molecule has 154 valence electrons. The molecule has 0 radical (unpaired) electrons. The molecular weight excluding hydrogens is 390 g/mol. The van der Waals surface area contributed by atoms with Crippen LogP contribution in [0.5, 0.6) is 0 Å². The quantitative estimate of drug-likeness (QED) is 0.430. The predicted octanol–water partition coefficient (Wildman–Crippen LogP) is 3.75. The summed E-state index contributed by atoms with van der Waals surface area (Å²) in [6.07, 6.45) is 0.980. The van der Waals surface area contributed by atoms with Gasteiger partial charge in [0.15, 0.2) is 0 Å². The summed E-state index contributed by atoms with van der Waals surface area (Å²) >= 11 is 1.80. The van der Waals surface area contributed by atoms with Gasteiger partial charge in [0.05, 0.1) is 13.2 Å². The van der Waals surface area contributed by atoms with E-state index in [-0.39, 0.29) is 0 Å². The number of fused-ring (bicyclic) bond motifs is 1. The highest BCUT2D eigenvalue weighted by molar-refractivity contribution is 7.17. The van der Waals surface area contributed by atoms with Gasteiger partial charge in [-0.3, -0.25) is 4.90 Å². The van der Waals surface area contributed by atoms with Crippen molar-refractivity contribution in [2.75, 3.05) is 26.8 Å². The molecule has 0 bridgehead atoms. The molecule has 3 rings (SSSR count). The average molecular weight is 416 g/mol. The summed E-state index contributed by atoms with van der Waals surface area (Å²) in [6.45, 7) is 3.50. The molecule has 1 heterocycles. The maximum atomic E-state index is 9.10. The van der Waals surface area contributed by atoms with E-state index in [4.69, 9.17) is 24.5 Å². The van der Waals surface area contributed by atoms with E-state index in [1.165, 1.54) is 21.2 Å². The second-order valence-electron chi connectivity index (χ2n) is 6.49. The van der Waals surface area contributed by atoms with Crippen LogP contribution >= 0.6 is 11.3 Å². The van der Waals surface area contributed by atoms with E-state index < -0.39 is 11.9 Å². The molecule has 2 N–H and O–H groups in total. The van der Waals surface area contributed by atoms with Gasteiger partial charge in [-0.1, -0.05) is 42.5 Å². The van der Waals surface area contributed by atoms with Crippen molar-refractivity contribution in [3.05, 3.63) is 71.1 Å². The van der Waals surface area contributed by atoms with Crippen LogP contribution in [-0.2, 0) is 27.3 Å². The molecule has 0 unspecified atom stereocenters. The van der Waals surface area contributed by atoms with E-state index in [1.54, 1.807) is 11.3 Å². The van der Waals surface area contributed by atoms with Gasteiger partial charge in [-0.15, -0.1) is 11.3 Å². The Morgan fingerprint density at radius 1 is 0.966 bits per heavy atom. The number of ether oxygens (including phenoxy) is 1. The first-order valence-electron chi connectivity index (χ1n) is 9.18. The van der Waals surface area contributed by atoms with Gasteiger partial charge in [0.2, 0.25) is 0 Å². The number of thiophene rings is 1. The fourth-order valence-electron chi connectivity index (χ4n) is 2.66. The number of carboxylic acids is 2. The van der Waals surface area contributed by atoms with E-state index in [9.17, 15) is 0 Å². The molecule has 0 saturated carbocycles. The van der Waals surface area contributed by atoms with Crippen molar-refractivity contribution in [1.82, 2.24) is 4.90 Å². The van der Waals surface area contributed by atoms with Gasteiger partial charge in [0.25, 0.3) is 0 Å². The van der Waals surface area contributed by atoms with Crippen LogP contribution in [0, 0.1) is 0 Å². The van der Waals surface area contributed by atoms with Crippen LogP contribution in [0.25, 0.3) is 10.1 Å². The van der Waals surface area contributed by atoms with Crippen LogP contribution in [0.1, 0.15) is 11.1 Å². The Bertz CT molecular complexity index is 898. The molecule has 0 aliphatic rings. The summed E-state index contributed by atoms with van der Waals surface area (Å²) in [5.41, 5.74) is 2.70. The minimum atomic E-state index is -1.82. The molecule has 7 heteroatoms. The highest BCUT2D eigenvalue weighted by atomic mass is 32.1. The molecule has 0 aliphatic heterocycles. The fourth-order valence-corrected chi connectivity index (χ4v) is 3.43. The molecule has 0 atom stereocenters. The Labute approximate surface area is 174 Å². The zero-order valence-corrected chi connectivity index (χ0v) is 17.1. The Balaban J connectivity index is 0.000000438. The number of aliphatic carboxylic acids is 2. The second kappa shape index (κ2) is 12.0. The normalized spacial score (nSPS) is 10.6. The van der Waals surface area contributed by atoms with Crippen molar-refractivity contribution in [2.24, 2.45) is 0 Å². The summed E-state index contributed by atoms with van der Waals surface area (Å²) in [5.74, 6) is -3.65. The number of carbonyl (C=O) groups is 2. The van der Waals surface area contributed by atoms with E-state index in [1.807, 2.05) is 0 Å². The van der Waals surface area contributed by atoms with E-state index in [2.05, 4.69) is 71.9 Å². The highest BCUT2D eigenvalue weighted by Crippen LogP contribution is 2.21. The zero-order valence-electron chi connectivity index (χ0n) is 16.3. The summed E-state index contributed by atoms with van der Waals surface area (Å²) in [6, 6.07) is 19.4. The Kier molecular flexibility index (Phi) is 9.30. The molecule has 2 aromatic carbocycles. The largest absolute Gasteiger partial charge is 0.473 e. The number of nitrogens with zero attached hydrogens (tertiary/aromatic N) is 1. The van der Waals surface area contributed by atoms with Gasteiger partial charge >= 0.3 is 11.9 Å². The van der Waals surface area contributed by atoms with Gasteiger partial charge in [0.1, 0.15) is 0 Å². The summed E-state index contributed by atoms with van der Waals surface area (Å²) in [5, 5.41) is 18.3. The molecule has 3 aromatic rings. The van der Waals surface area contributed by atoms with Crippen molar-refractivity contribution in [2.45, 2.75) is 13.0 Å². The van der Waals surface area contributed by atoms with E-state index in [0.29, 0.717) is 0 Å². The van der Waals surface area contributed by atoms with Crippen molar-refractivity contribution < 1.29 is 24.5 Å². The second-order valence-corrected chi connectivity index (χ2v) is 7.44. The smallest absolute Gasteiger partial charge is 0.414 e. The minimum absolute atomic E-state index is 0.782. The minimum Gasteiger partial charge on any atom is -0.473 e. The molecule has 1 aromatic heterocycles. The summed E-state index contributed by atoms with van der Waals surface area (Å²) < 4.78 is 7.16. The van der Waals surface area contributed by atoms with Gasteiger partial charge in [-0.05, 0) is 47.5 Å². The third-order valence-electron chi connectivity index (χ3n) is 4.15.